The average Bonchev–Trinajstić information content (AvgIpc) is 3.29. The van der Waals surface area contributed by atoms with Crippen LogP contribution in [0.15, 0.2) is 6.07 Å². The summed E-state index contributed by atoms with van der Waals surface area (Å²) in [6.07, 6.45) is 1.55. The zero-order valence-corrected chi connectivity index (χ0v) is 12.8. The number of anilines is 1. The SMILES string of the molecule is COC(=O)C1CN(c2cc(Cl)nc(C3CC3)n2)C[C@@H](C)O1. The van der Waals surface area contributed by atoms with Gasteiger partial charge in [0.15, 0.2) is 6.10 Å². The van der Waals surface area contributed by atoms with Crippen LogP contribution in [-0.2, 0) is 14.3 Å². The number of hydrogen-bond acceptors (Lipinski definition) is 6. The molecule has 0 radical (unpaired) electrons. The Hall–Kier alpha value is -1.40. The van der Waals surface area contributed by atoms with Crippen molar-refractivity contribution in [3.8, 4) is 0 Å². The van der Waals surface area contributed by atoms with Crippen LogP contribution in [0.5, 0.6) is 0 Å². The van der Waals surface area contributed by atoms with E-state index in [1.807, 2.05) is 11.8 Å². The number of hydrogen-bond donors (Lipinski definition) is 0. The van der Waals surface area contributed by atoms with Gasteiger partial charge in [-0.1, -0.05) is 11.6 Å². The molecule has 6 nitrogen and oxygen atoms in total. The summed E-state index contributed by atoms with van der Waals surface area (Å²) < 4.78 is 10.4. The second-order valence-corrected chi connectivity index (χ2v) is 5.93. The first-order chi connectivity index (χ1) is 10.1. The number of methoxy groups -OCH3 is 1. The highest BCUT2D eigenvalue weighted by Crippen LogP contribution is 2.39. The lowest BCUT2D eigenvalue weighted by Gasteiger charge is -2.36. The Bertz CT molecular complexity index is 550. The molecule has 2 atom stereocenters. The van der Waals surface area contributed by atoms with Crippen LogP contribution in [0.4, 0.5) is 5.82 Å². The molecule has 21 heavy (non-hydrogen) atoms. The summed E-state index contributed by atoms with van der Waals surface area (Å²) in [7, 11) is 1.36. The number of nitrogens with zero attached hydrogens (tertiary/aromatic N) is 3. The first-order valence-corrected chi connectivity index (χ1v) is 7.47. The molecule has 0 bridgehead atoms. The van der Waals surface area contributed by atoms with Crippen LogP contribution in [0.2, 0.25) is 5.15 Å². The van der Waals surface area contributed by atoms with Crippen molar-refractivity contribution in [1.29, 1.82) is 0 Å². The van der Waals surface area contributed by atoms with Gasteiger partial charge >= 0.3 is 5.97 Å². The summed E-state index contributed by atoms with van der Waals surface area (Å²) in [5.74, 6) is 1.61. The van der Waals surface area contributed by atoms with E-state index in [1.165, 1.54) is 7.11 Å². The maximum Gasteiger partial charge on any atom is 0.336 e. The standard InChI is InChI=1S/C14H18ClN3O3/c1-8-6-18(7-10(21-8)14(19)20-2)12-5-11(15)16-13(17-12)9-3-4-9/h5,8-10H,3-4,6-7H2,1-2H3/t8-,10?/m1/s1. The van der Waals surface area contributed by atoms with Gasteiger partial charge in [-0.15, -0.1) is 0 Å². The van der Waals surface area contributed by atoms with E-state index < -0.39 is 6.10 Å². The van der Waals surface area contributed by atoms with Gasteiger partial charge < -0.3 is 14.4 Å². The van der Waals surface area contributed by atoms with E-state index in [0.717, 1.165) is 24.5 Å². The van der Waals surface area contributed by atoms with Crippen molar-refractivity contribution in [3.63, 3.8) is 0 Å². The minimum atomic E-state index is -0.600. The topological polar surface area (TPSA) is 64.5 Å². The highest BCUT2D eigenvalue weighted by atomic mass is 35.5. The Balaban J connectivity index is 1.83. The molecule has 2 fully saturated rings. The lowest BCUT2D eigenvalue weighted by molar-refractivity contribution is -0.158. The first kappa shape index (κ1) is 14.5. The molecule has 2 heterocycles. The summed E-state index contributed by atoms with van der Waals surface area (Å²) in [4.78, 5) is 22.6. The van der Waals surface area contributed by atoms with Crippen LogP contribution in [0.3, 0.4) is 0 Å². The third-order valence-corrected chi connectivity index (χ3v) is 3.88. The van der Waals surface area contributed by atoms with Gasteiger partial charge in [-0.2, -0.15) is 0 Å². The fraction of sp³-hybridized carbons (Fsp3) is 0.643. The Morgan fingerprint density at radius 2 is 2.19 bits per heavy atom. The third kappa shape index (κ3) is 3.27. The van der Waals surface area contributed by atoms with Gasteiger partial charge in [-0.05, 0) is 19.8 Å². The van der Waals surface area contributed by atoms with Crippen LogP contribution < -0.4 is 4.90 Å². The zero-order valence-electron chi connectivity index (χ0n) is 12.1. The fourth-order valence-electron chi connectivity index (χ4n) is 2.51. The molecule has 1 aromatic heterocycles. The van der Waals surface area contributed by atoms with Crippen molar-refractivity contribution in [2.24, 2.45) is 0 Å². The van der Waals surface area contributed by atoms with E-state index in [4.69, 9.17) is 21.1 Å². The number of carbonyl (C=O) groups is 1. The quantitative estimate of drug-likeness (QED) is 0.626. The highest BCUT2D eigenvalue weighted by molar-refractivity contribution is 6.29. The smallest absolute Gasteiger partial charge is 0.336 e. The molecule has 0 spiro atoms. The molecule has 1 aliphatic heterocycles. The summed E-state index contributed by atoms with van der Waals surface area (Å²) in [5.41, 5.74) is 0. The predicted octanol–water partition coefficient (Wildman–Crippen LogP) is 1.77. The summed E-state index contributed by atoms with van der Waals surface area (Å²) in [5, 5.41) is 0.440. The van der Waals surface area contributed by atoms with Crippen LogP contribution in [-0.4, -0.2) is 48.3 Å². The number of carbonyl (C=O) groups excluding carboxylic acids is 1. The van der Waals surface area contributed by atoms with E-state index in [9.17, 15) is 4.79 Å². The second kappa shape index (κ2) is 5.77. The van der Waals surface area contributed by atoms with Gasteiger partial charge in [0.1, 0.15) is 16.8 Å². The zero-order chi connectivity index (χ0) is 15.0. The van der Waals surface area contributed by atoms with Gasteiger partial charge in [0.25, 0.3) is 0 Å². The fourth-order valence-corrected chi connectivity index (χ4v) is 2.69. The molecule has 0 amide bonds. The van der Waals surface area contributed by atoms with Gasteiger partial charge in [-0.3, -0.25) is 0 Å². The van der Waals surface area contributed by atoms with Crippen molar-refractivity contribution in [2.45, 2.75) is 37.9 Å². The first-order valence-electron chi connectivity index (χ1n) is 7.09. The Kier molecular flexibility index (Phi) is 3.99. The summed E-state index contributed by atoms with van der Waals surface area (Å²) in [6.45, 7) is 2.99. The van der Waals surface area contributed by atoms with E-state index in [0.29, 0.717) is 24.2 Å². The highest BCUT2D eigenvalue weighted by Gasteiger charge is 2.33. The minimum Gasteiger partial charge on any atom is -0.467 e. The minimum absolute atomic E-state index is 0.0824. The molecule has 114 valence electrons. The van der Waals surface area contributed by atoms with Gasteiger partial charge in [0.05, 0.1) is 19.8 Å². The second-order valence-electron chi connectivity index (χ2n) is 5.54. The maximum atomic E-state index is 11.7. The van der Waals surface area contributed by atoms with E-state index in [-0.39, 0.29) is 12.1 Å². The summed E-state index contributed by atoms with van der Waals surface area (Å²) in [6, 6.07) is 1.74. The Morgan fingerprint density at radius 1 is 1.43 bits per heavy atom. The summed E-state index contributed by atoms with van der Waals surface area (Å²) >= 11 is 6.10. The van der Waals surface area contributed by atoms with Crippen LogP contribution in [0.25, 0.3) is 0 Å². The lowest BCUT2D eigenvalue weighted by atomic mass is 10.2. The number of esters is 1. The van der Waals surface area contributed by atoms with E-state index in [1.54, 1.807) is 6.07 Å². The molecule has 1 saturated carbocycles. The molecule has 7 heteroatoms. The number of ether oxygens (including phenoxy) is 2. The van der Waals surface area contributed by atoms with Crippen molar-refractivity contribution in [3.05, 3.63) is 17.0 Å². The Labute approximate surface area is 128 Å². The van der Waals surface area contributed by atoms with Gasteiger partial charge in [0, 0.05) is 18.5 Å². The molecule has 1 saturated heterocycles. The predicted molar refractivity (Wildman–Crippen MR) is 77.6 cm³/mol. The molecule has 3 rings (SSSR count). The van der Waals surface area contributed by atoms with Crippen molar-refractivity contribution < 1.29 is 14.3 Å². The third-order valence-electron chi connectivity index (χ3n) is 3.69. The molecule has 1 aromatic rings. The molecule has 2 aliphatic rings. The van der Waals surface area contributed by atoms with Crippen LogP contribution >= 0.6 is 11.6 Å². The number of rotatable bonds is 3. The largest absolute Gasteiger partial charge is 0.467 e. The van der Waals surface area contributed by atoms with E-state index >= 15 is 0 Å². The number of halogens is 1. The molecule has 0 N–H and O–H groups in total. The van der Waals surface area contributed by atoms with Crippen molar-refractivity contribution in [2.75, 3.05) is 25.1 Å². The number of aromatic nitrogens is 2. The monoisotopic (exact) mass is 311 g/mol. The molecular weight excluding hydrogens is 294 g/mol. The van der Waals surface area contributed by atoms with Gasteiger partial charge in [-0.25, -0.2) is 14.8 Å². The lowest BCUT2D eigenvalue weighted by Crippen LogP contribution is -2.50. The molecule has 0 aromatic carbocycles. The van der Waals surface area contributed by atoms with Crippen LogP contribution in [0.1, 0.15) is 31.5 Å². The van der Waals surface area contributed by atoms with Gasteiger partial charge in [0.2, 0.25) is 0 Å². The molecule has 1 unspecified atom stereocenters. The molecule has 1 aliphatic carbocycles. The average molecular weight is 312 g/mol. The van der Waals surface area contributed by atoms with Crippen molar-refractivity contribution >= 4 is 23.4 Å². The number of morpholine rings is 1. The molecular formula is C14H18ClN3O3. The van der Waals surface area contributed by atoms with Crippen LogP contribution in [0, 0.1) is 0 Å². The van der Waals surface area contributed by atoms with E-state index in [2.05, 4.69) is 9.97 Å². The normalized spacial score (nSPS) is 25.8. The Morgan fingerprint density at radius 3 is 2.86 bits per heavy atom. The van der Waals surface area contributed by atoms with Crippen molar-refractivity contribution in [1.82, 2.24) is 9.97 Å². The maximum absolute atomic E-state index is 11.7.